The summed E-state index contributed by atoms with van der Waals surface area (Å²) in [6.07, 6.45) is -5.66. The van der Waals surface area contributed by atoms with Crippen LogP contribution in [-0.2, 0) is 20.4 Å². The molecule has 0 aromatic heterocycles. The quantitative estimate of drug-likeness (QED) is 0.518. The number of benzene rings is 2. The van der Waals surface area contributed by atoms with Gasteiger partial charge in [0.05, 0.1) is 23.3 Å². The molecule has 0 bridgehead atoms. The van der Waals surface area contributed by atoms with Crippen molar-refractivity contribution in [2.75, 3.05) is 7.11 Å². The Hall–Kier alpha value is -2.26. The topological polar surface area (TPSA) is 61.8 Å². The molecule has 0 spiro atoms. The third-order valence-corrected chi connectivity index (χ3v) is 4.45. The molecule has 0 fully saturated rings. The van der Waals surface area contributed by atoms with Gasteiger partial charge in [0.15, 0.2) is 6.10 Å². The molecule has 10 heteroatoms. The summed E-state index contributed by atoms with van der Waals surface area (Å²) in [6.45, 7) is 1.35. The Morgan fingerprint density at radius 3 is 2.39 bits per heavy atom. The van der Waals surface area contributed by atoms with Crippen LogP contribution in [0.25, 0.3) is 0 Å². The van der Waals surface area contributed by atoms with Crippen molar-refractivity contribution in [1.82, 2.24) is 0 Å². The fourth-order valence-electron chi connectivity index (χ4n) is 2.05. The molecule has 0 heterocycles. The molecule has 1 atom stereocenters. The molecule has 0 aliphatic carbocycles. The summed E-state index contributed by atoms with van der Waals surface area (Å²) in [5.74, 6) is -1.45. The van der Waals surface area contributed by atoms with E-state index in [1.807, 2.05) is 0 Å². The molecule has 0 saturated carbocycles. The highest BCUT2D eigenvalue weighted by Gasteiger charge is 2.31. The molecular weight excluding hydrogens is 469 g/mol. The number of carbonyl (C=O) groups is 2. The monoisotopic (exact) mass is 480 g/mol. The van der Waals surface area contributed by atoms with Crippen molar-refractivity contribution in [2.45, 2.75) is 19.2 Å². The molecule has 28 heavy (non-hydrogen) atoms. The zero-order valence-corrected chi connectivity index (χ0v) is 16.8. The van der Waals surface area contributed by atoms with E-state index < -0.39 is 29.8 Å². The Morgan fingerprint density at radius 1 is 1.14 bits per heavy atom. The van der Waals surface area contributed by atoms with E-state index in [0.29, 0.717) is 4.47 Å². The fraction of sp³-hybridized carbons (Fsp3) is 0.222. The minimum Gasteiger partial charge on any atom is -0.466 e. The molecule has 0 amide bonds. The van der Waals surface area contributed by atoms with Crippen molar-refractivity contribution < 1.29 is 37.0 Å². The van der Waals surface area contributed by atoms with Gasteiger partial charge < -0.3 is 14.2 Å². The molecule has 0 saturated heterocycles. The Bertz CT molecular complexity index is 901. The second kappa shape index (κ2) is 8.83. The fourth-order valence-corrected chi connectivity index (χ4v) is 2.68. The summed E-state index contributed by atoms with van der Waals surface area (Å²) in [6, 6.07) is 6.89. The van der Waals surface area contributed by atoms with E-state index in [-0.39, 0.29) is 22.1 Å². The zero-order chi connectivity index (χ0) is 21.1. The van der Waals surface area contributed by atoms with Gasteiger partial charge in [-0.05, 0) is 59.3 Å². The van der Waals surface area contributed by atoms with Gasteiger partial charge >= 0.3 is 18.1 Å². The van der Waals surface area contributed by atoms with Crippen LogP contribution in [0, 0.1) is 0 Å². The molecule has 2 rings (SSSR count). The van der Waals surface area contributed by atoms with Crippen LogP contribution in [0.5, 0.6) is 11.5 Å². The molecule has 0 unspecified atom stereocenters. The van der Waals surface area contributed by atoms with Gasteiger partial charge in [-0.1, -0.05) is 11.6 Å². The van der Waals surface area contributed by atoms with Gasteiger partial charge in [0.2, 0.25) is 0 Å². The van der Waals surface area contributed by atoms with Crippen molar-refractivity contribution in [1.29, 1.82) is 0 Å². The van der Waals surface area contributed by atoms with Gasteiger partial charge in [-0.2, -0.15) is 13.2 Å². The Labute approximate surface area is 171 Å². The number of hydrogen-bond acceptors (Lipinski definition) is 5. The highest BCUT2D eigenvalue weighted by atomic mass is 79.9. The molecule has 0 radical (unpaired) electrons. The number of ether oxygens (including phenoxy) is 3. The first-order valence-electron chi connectivity index (χ1n) is 7.66. The van der Waals surface area contributed by atoms with Gasteiger partial charge in [-0.25, -0.2) is 9.59 Å². The van der Waals surface area contributed by atoms with Crippen LogP contribution >= 0.6 is 27.5 Å². The van der Waals surface area contributed by atoms with E-state index in [4.69, 9.17) is 21.1 Å². The maximum Gasteiger partial charge on any atom is 0.416 e. The number of rotatable bonds is 5. The van der Waals surface area contributed by atoms with Crippen molar-refractivity contribution >= 4 is 39.5 Å². The first-order chi connectivity index (χ1) is 13.0. The molecule has 5 nitrogen and oxygen atoms in total. The molecule has 0 N–H and O–H groups in total. The van der Waals surface area contributed by atoms with E-state index in [1.54, 1.807) is 0 Å². The largest absolute Gasteiger partial charge is 0.466 e. The summed E-state index contributed by atoms with van der Waals surface area (Å²) in [4.78, 5) is 23.6. The number of methoxy groups -OCH3 is 1. The highest BCUT2D eigenvalue weighted by Crippen LogP contribution is 2.37. The van der Waals surface area contributed by atoms with Crippen LogP contribution in [0.2, 0.25) is 5.02 Å². The lowest BCUT2D eigenvalue weighted by Gasteiger charge is -2.14. The van der Waals surface area contributed by atoms with Gasteiger partial charge in [0.25, 0.3) is 0 Å². The Balaban J connectivity index is 2.24. The van der Waals surface area contributed by atoms with Gasteiger partial charge in [-0.15, -0.1) is 0 Å². The summed E-state index contributed by atoms with van der Waals surface area (Å²) < 4.78 is 53.5. The minimum absolute atomic E-state index is 0.0285. The van der Waals surface area contributed by atoms with Crippen LogP contribution in [0.1, 0.15) is 22.8 Å². The maximum atomic E-state index is 12.7. The lowest BCUT2D eigenvalue weighted by atomic mass is 10.2. The summed E-state index contributed by atoms with van der Waals surface area (Å²) >= 11 is 9.04. The third kappa shape index (κ3) is 5.39. The predicted molar refractivity (Wildman–Crippen MR) is 97.6 cm³/mol. The first-order valence-corrected chi connectivity index (χ1v) is 8.83. The molecule has 0 aliphatic heterocycles. The lowest BCUT2D eigenvalue weighted by Crippen LogP contribution is -2.25. The van der Waals surface area contributed by atoms with Gasteiger partial charge in [-0.3, -0.25) is 0 Å². The van der Waals surface area contributed by atoms with Crippen LogP contribution in [0.3, 0.4) is 0 Å². The number of hydrogen-bond donors (Lipinski definition) is 0. The summed E-state index contributed by atoms with van der Waals surface area (Å²) in [7, 11) is 1.16. The Kier molecular flexibility index (Phi) is 6.95. The Morgan fingerprint density at radius 2 is 1.82 bits per heavy atom. The van der Waals surface area contributed by atoms with Crippen LogP contribution in [-0.4, -0.2) is 25.2 Å². The number of alkyl halides is 3. The molecule has 2 aromatic rings. The van der Waals surface area contributed by atoms with Crippen molar-refractivity contribution in [3.63, 3.8) is 0 Å². The van der Waals surface area contributed by atoms with Crippen molar-refractivity contribution in [2.24, 2.45) is 0 Å². The lowest BCUT2D eigenvalue weighted by molar-refractivity contribution is -0.149. The van der Waals surface area contributed by atoms with Crippen LogP contribution < -0.4 is 4.74 Å². The minimum atomic E-state index is -4.53. The van der Waals surface area contributed by atoms with Gasteiger partial charge in [0, 0.05) is 4.47 Å². The second-order valence-electron chi connectivity index (χ2n) is 5.46. The molecule has 150 valence electrons. The normalized spacial score (nSPS) is 12.2. The average molecular weight is 482 g/mol. The third-order valence-electron chi connectivity index (χ3n) is 3.46. The van der Waals surface area contributed by atoms with E-state index in [1.165, 1.54) is 25.1 Å². The highest BCUT2D eigenvalue weighted by molar-refractivity contribution is 9.10. The zero-order valence-electron chi connectivity index (χ0n) is 14.5. The molecule has 0 aliphatic rings. The standard InChI is InChI=1S/C18H13BrClF3O5/c1-9(16(24)26-2)27-17(25)12-8-11(4-5-13(12)19)28-15-6-3-10(7-14(15)20)18(21,22)23/h3-9H,1-2H3/t9-/m1/s1. The van der Waals surface area contributed by atoms with Crippen molar-refractivity contribution in [3.05, 3.63) is 57.0 Å². The van der Waals surface area contributed by atoms with E-state index in [0.717, 1.165) is 25.3 Å². The van der Waals surface area contributed by atoms with E-state index in [2.05, 4.69) is 20.7 Å². The van der Waals surface area contributed by atoms with Crippen LogP contribution in [0.15, 0.2) is 40.9 Å². The van der Waals surface area contributed by atoms with Gasteiger partial charge in [0.1, 0.15) is 11.5 Å². The molecular formula is C18H13BrClF3O5. The second-order valence-corrected chi connectivity index (χ2v) is 6.72. The van der Waals surface area contributed by atoms with E-state index >= 15 is 0 Å². The number of halogens is 5. The smallest absolute Gasteiger partial charge is 0.416 e. The van der Waals surface area contributed by atoms with Crippen molar-refractivity contribution in [3.8, 4) is 11.5 Å². The number of carbonyl (C=O) groups excluding carboxylic acids is 2. The summed E-state index contributed by atoms with van der Waals surface area (Å²) in [5.41, 5.74) is -0.877. The first kappa shape index (κ1) is 22.0. The van der Waals surface area contributed by atoms with Crippen LogP contribution in [0.4, 0.5) is 13.2 Å². The maximum absolute atomic E-state index is 12.7. The predicted octanol–water partition coefficient (Wildman–Crippen LogP) is 5.63. The summed E-state index contributed by atoms with van der Waals surface area (Å²) in [5, 5.41) is -0.249. The SMILES string of the molecule is COC(=O)[C@@H](C)OC(=O)c1cc(Oc2ccc(C(F)(F)F)cc2Cl)ccc1Br. The molecule has 2 aromatic carbocycles. The number of esters is 2. The van der Waals surface area contributed by atoms with E-state index in [9.17, 15) is 22.8 Å². The average Bonchev–Trinajstić information content (AvgIpc) is 2.63.